The van der Waals surface area contributed by atoms with Crippen molar-refractivity contribution in [2.24, 2.45) is 0 Å². The van der Waals surface area contributed by atoms with Crippen LogP contribution in [-0.4, -0.2) is 30.5 Å². The van der Waals surface area contributed by atoms with Crippen LogP contribution in [0.2, 0.25) is 0 Å². The van der Waals surface area contributed by atoms with Gasteiger partial charge in [0.2, 0.25) is 5.78 Å². The molecule has 0 saturated carbocycles. The number of ketones is 1. The first-order valence-electron chi connectivity index (χ1n) is 7.93. The van der Waals surface area contributed by atoms with Gasteiger partial charge in [-0.1, -0.05) is 24.3 Å². The number of carbonyl (C=O) groups is 2. The van der Waals surface area contributed by atoms with Crippen LogP contribution in [0.25, 0.3) is 10.9 Å². The Bertz CT molecular complexity index is 955. The van der Waals surface area contributed by atoms with E-state index in [1.54, 1.807) is 25.3 Å². The normalized spacial score (nSPS) is 10.7. The molecule has 1 heterocycles. The zero-order valence-electron chi connectivity index (χ0n) is 14.4. The molecule has 5 heteroatoms. The summed E-state index contributed by atoms with van der Waals surface area (Å²) in [6, 6.07) is 12.6. The van der Waals surface area contributed by atoms with Crippen LogP contribution >= 0.6 is 0 Å². The zero-order valence-corrected chi connectivity index (χ0v) is 14.4. The minimum atomic E-state index is -0.552. The first kappa shape index (κ1) is 16.8. The SMILES string of the molecule is COc1cc(C(=O)OCC(=O)c2c(C)[nH]c3ccccc23)ccc1C. The van der Waals surface area contributed by atoms with Gasteiger partial charge in [0.05, 0.1) is 12.7 Å². The topological polar surface area (TPSA) is 68.4 Å². The number of H-pyrrole nitrogens is 1. The first-order chi connectivity index (χ1) is 12.0. The lowest BCUT2D eigenvalue weighted by Gasteiger charge is -2.08. The van der Waals surface area contributed by atoms with Crippen LogP contribution in [0.4, 0.5) is 0 Å². The van der Waals surface area contributed by atoms with Crippen molar-refractivity contribution in [3.8, 4) is 5.75 Å². The molecule has 0 aliphatic rings. The molecule has 1 N–H and O–H groups in total. The maximum absolute atomic E-state index is 12.5. The Kier molecular flexibility index (Phi) is 4.57. The summed E-state index contributed by atoms with van der Waals surface area (Å²) < 4.78 is 10.4. The largest absolute Gasteiger partial charge is 0.496 e. The second-order valence-corrected chi connectivity index (χ2v) is 5.85. The molecule has 2 aromatic carbocycles. The summed E-state index contributed by atoms with van der Waals surface area (Å²) in [6.07, 6.45) is 0. The molecule has 128 valence electrons. The van der Waals surface area contributed by atoms with E-state index in [-0.39, 0.29) is 12.4 Å². The average molecular weight is 337 g/mol. The maximum atomic E-state index is 12.5. The van der Waals surface area contributed by atoms with Gasteiger partial charge in [-0.25, -0.2) is 4.79 Å². The van der Waals surface area contributed by atoms with Gasteiger partial charge in [-0.15, -0.1) is 0 Å². The number of benzene rings is 2. The number of rotatable bonds is 5. The molecular formula is C20H19NO4. The summed E-state index contributed by atoms with van der Waals surface area (Å²) in [5, 5.41) is 0.832. The fraction of sp³-hybridized carbons (Fsp3) is 0.200. The number of ether oxygens (including phenoxy) is 2. The van der Waals surface area contributed by atoms with Crippen LogP contribution in [0.3, 0.4) is 0 Å². The lowest BCUT2D eigenvalue weighted by Crippen LogP contribution is -2.15. The van der Waals surface area contributed by atoms with Crippen LogP contribution in [-0.2, 0) is 4.74 Å². The molecule has 0 aliphatic heterocycles. The Morgan fingerprint density at radius 3 is 2.60 bits per heavy atom. The number of Topliss-reactive ketones (excluding diaryl/α,β-unsaturated/α-hetero) is 1. The third-order valence-corrected chi connectivity index (χ3v) is 4.15. The number of carbonyl (C=O) groups excluding carboxylic acids is 2. The number of fused-ring (bicyclic) bond motifs is 1. The van der Waals surface area contributed by atoms with Crippen molar-refractivity contribution in [1.82, 2.24) is 4.98 Å². The minimum Gasteiger partial charge on any atom is -0.496 e. The third-order valence-electron chi connectivity index (χ3n) is 4.15. The summed E-state index contributed by atoms with van der Waals surface area (Å²) in [5.41, 5.74) is 3.48. The molecule has 25 heavy (non-hydrogen) atoms. The van der Waals surface area contributed by atoms with Gasteiger partial charge in [0, 0.05) is 22.2 Å². The highest BCUT2D eigenvalue weighted by Gasteiger charge is 2.18. The van der Waals surface area contributed by atoms with Crippen molar-refractivity contribution in [3.63, 3.8) is 0 Å². The summed E-state index contributed by atoms with van der Waals surface area (Å²) in [6.45, 7) is 3.41. The molecule has 3 rings (SSSR count). The van der Waals surface area contributed by atoms with Gasteiger partial charge in [0.25, 0.3) is 0 Å². The number of aromatic amines is 1. The van der Waals surface area contributed by atoms with E-state index in [4.69, 9.17) is 9.47 Å². The van der Waals surface area contributed by atoms with Crippen LogP contribution < -0.4 is 4.74 Å². The van der Waals surface area contributed by atoms with Crippen LogP contribution in [0.5, 0.6) is 5.75 Å². The minimum absolute atomic E-state index is 0.234. The van der Waals surface area contributed by atoms with E-state index in [9.17, 15) is 9.59 Å². The van der Waals surface area contributed by atoms with Crippen molar-refractivity contribution >= 4 is 22.7 Å². The number of aromatic nitrogens is 1. The quantitative estimate of drug-likeness (QED) is 0.567. The Labute approximate surface area is 145 Å². The number of methoxy groups -OCH3 is 1. The van der Waals surface area contributed by atoms with Crippen LogP contribution in [0, 0.1) is 13.8 Å². The van der Waals surface area contributed by atoms with E-state index in [0.717, 1.165) is 22.2 Å². The highest BCUT2D eigenvalue weighted by molar-refractivity contribution is 6.10. The molecule has 0 unspecified atom stereocenters. The van der Waals surface area contributed by atoms with E-state index < -0.39 is 5.97 Å². The monoisotopic (exact) mass is 337 g/mol. The molecular weight excluding hydrogens is 318 g/mol. The Morgan fingerprint density at radius 2 is 1.84 bits per heavy atom. The summed E-state index contributed by atoms with van der Waals surface area (Å²) in [7, 11) is 1.54. The van der Waals surface area contributed by atoms with E-state index >= 15 is 0 Å². The van der Waals surface area contributed by atoms with Gasteiger partial charge in [-0.2, -0.15) is 0 Å². The Hall–Kier alpha value is -3.08. The number of hydrogen-bond acceptors (Lipinski definition) is 4. The smallest absolute Gasteiger partial charge is 0.338 e. The number of aryl methyl sites for hydroxylation is 2. The Morgan fingerprint density at radius 1 is 1.08 bits per heavy atom. The van der Waals surface area contributed by atoms with E-state index in [0.29, 0.717) is 16.9 Å². The molecule has 3 aromatic rings. The molecule has 0 amide bonds. The van der Waals surface area contributed by atoms with Crippen molar-refractivity contribution in [2.45, 2.75) is 13.8 Å². The van der Waals surface area contributed by atoms with Crippen molar-refractivity contribution in [1.29, 1.82) is 0 Å². The number of nitrogens with one attached hydrogen (secondary N) is 1. The molecule has 0 saturated heterocycles. The molecule has 0 bridgehead atoms. The first-order valence-corrected chi connectivity index (χ1v) is 7.93. The molecule has 1 aromatic heterocycles. The highest BCUT2D eigenvalue weighted by Crippen LogP contribution is 2.23. The van der Waals surface area contributed by atoms with Gasteiger partial charge in [0.15, 0.2) is 6.61 Å². The van der Waals surface area contributed by atoms with Gasteiger partial charge >= 0.3 is 5.97 Å². The Balaban J connectivity index is 1.75. The predicted molar refractivity (Wildman–Crippen MR) is 95.4 cm³/mol. The fourth-order valence-electron chi connectivity index (χ4n) is 2.87. The second kappa shape index (κ2) is 6.81. The fourth-order valence-corrected chi connectivity index (χ4v) is 2.87. The van der Waals surface area contributed by atoms with E-state index in [1.807, 2.05) is 38.1 Å². The third kappa shape index (κ3) is 3.26. The van der Waals surface area contributed by atoms with Crippen molar-refractivity contribution in [3.05, 3.63) is 64.8 Å². The second-order valence-electron chi connectivity index (χ2n) is 5.85. The zero-order chi connectivity index (χ0) is 18.0. The molecule has 5 nitrogen and oxygen atoms in total. The molecule has 0 fully saturated rings. The maximum Gasteiger partial charge on any atom is 0.338 e. The van der Waals surface area contributed by atoms with Crippen molar-refractivity contribution < 1.29 is 19.1 Å². The summed E-state index contributed by atoms with van der Waals surface area (Å²) in [5.74, 6) is -0.181. The van der Waals surface area contributed by atoms with Gasteiger partial charge in [-0.3, -0.25) is 4.79 Å². The molecule has 0 spiro atoms. The van der Waals surface area contributed by atoms with E-state index in [2.05, 4.69) is 4.98 Å². The predicted octanol–water partition coefficient (Wildman–Crippen LogP) is 3.83. The molecule has 0 radical (unpaired) electrons. The standard InChI is InChI=1S/C20H19NO4/c1-12-8-9-14(10-18(12)24-3)20(23)25-11-17(22)19-13(2)21-16-7-5-4-6-15(16)19/h4-10,21H,11H2,1-3H3. The van der Waals surface area contributed by atoms with Gasteiger partial charge in [-0.05, 0) is 37.6 Å². The van der Waals surface area contributed by atoms with Crippen LogP contribution in [0.15, 0.2) is 42.5 Å². The van der Waals surface area contributed by atoms with Gasteiger partial charge < -0.3 is 14.5 Å². The lowest BCUT2D eigenvalue weighted by atomic mass is 10.1. The van der Waals surface area contributed by atoms with E-state index in [1.165, 1.54) is 0 Å². The molecule has 0 atom stereocenters. The summed E-state index contributed by atoms with van der Waals surface area (Å²) in [4.78, 5) is 27.9. The number of para-hydroxylation sites is 1. The van der Waals surface area contributed by atoms with Crippen molar-refractivity contribution in [2.75, 3.05) is 13.7 Å². The number of hydrogen-bond donors (Lipinski definition) is 1. The average Bonchev–Trinajstić information content (AvgIpc) is 2.95. The van der Waals surface area contributed by atoms with Gasteiger partial charge in [0.1, 0.15) is 5.75 Å². The number of esters is 1. The van der Waals surface area contributed by atoms with Crippen LogP contribution in [0.1, 0.15) is 32.0 Å². The summed E-state index contributed by atoms with van der Waals surface area (Å²) >= 11 is 0. The molecule has 0 aliphatic carbocycles. The highest BCUT2D eigenvalue weighted by atomic mass is 16.5. The lowest BCUT2D eigenvalue weighted by molar-refractivity contribution is 0.0474.